The average molecular weight is 388 g/mol. The van der Waals surface area contributed by atoms with Gasteiger partial charge in [-0.15, -0.1) is 0 Å². The maximum atomic E-state index is 12.6. The molecular formula is C20H15F3N2O3. The predicted molar refractivity (Wildman–Crippen MR) is 98.1 cm³/mol. The summed E-state index contributed by atoms with van der Waals surface area (Å²) in [5.41, 5.74) is 2.77. The molecule has 1 aromatic heterocycles. The minimum Gasteiger partial charge on any atom is -0.446 e. The van der Waals surface area contributed by atoms with E-state index in [4.69, 9.17) is 0 Å². The number of anilines is 1. The lowest BCUT2D eigenvalue weighted by Crippen LogP contribution is -2.12. The van der Waals surface area contributed by atoms with Crippen LogP contribution in [0.1, 0.15) is 21.9 Å². The van der Waals surface area contributed by atoms with E-state index in [0.29, 0.717) is 11.3 Å². The molecule has 1 N–H and O–H groups in total. The van der Waals surface area contributed by atoms with Crippen molar-refractivity contribution in [3.05, 3.63) is 77.7 Å². The maximum absolute atomic E-state index is 12.6. The van der Waals surface area contributed by atoms with Gasteiger partial charge in [0.2, 0.25) is 5.76 Å². The lowest BCUT2D eigenvalue weighted by Gasteiger charge is -2.11. The normalized spacial score (nSPS) is 11.6. The fourth-order valence-electron chi connectivity index (χ4n) is 2.50. The lowest BCUT2D eigenvalue weighted by molar-refractivity contribution is -0.153. The SMILES string of the molecule is CON=Cc1ccc(-c2ccccc2NC(=O)c2ccc(C(F)(F)F)o2)cc1. The third-order valence-corrected chi connectivity index (χ3v) is 3.81. The lowest BCUT2D eigenvalue weighted by atomic mass is 10.0. The molecule has 0 aliphatic carbocycles. The van der Waals surface area contributed by atoms with Crippen LogP contribution in [0.4, 0.5) is 18.9 Å². The Morgan fingerprint density at radius 1 is 1.07 bits per heavy atom. The first kappa shape index (κ1) is 19.2. The Hall–Kier alpha value is -3.55. The first-order valence-corrected chi connectivity index (χ1v) is 8.13. The number of nitrogens with zero attached hydrogens (tertiary/aromatic N) is 1. The monoisotopic (exact) mass is 388 g/mol. The summed E-state index contributed by atoms with van der Waals surface area (Å²) in [5, 5.41) is 6.27. The molecule has 0 unspecified atom stereocenters. The molecule has 0 saturated carbocycles. The largest absolute Gasteiger partial charge is 0.449 e. The molecule has 3 rings (SSSR count). The van der Waals surface area contributed by atoms with Crippen LogP contribution >= 0.6 is 0 Å². The van der Waals surface area contributed by atoms with Crippen LogP contribution in [0, 0.1) is 0 Å². The number of alkyl halides is 3. The molecule has 0 aliphatic heterocycles. The van der Waals surface area contributed by atoms with Crippen LogP contribution in [0.2, 0.25) is 0 Å². The molecule has 8 heteroatoms. The van der Waals surface area contributed by atoms with Crippen LogP contribution < -0.4 is 5.32 Å². The van der Waals surface area contributed by atoms with Crippen molar-refractivity contribution in [2.75, 3.05) is 12.4 Å². The summed E-state index contributed by atoms with van der Waals surface area (Å²) in [6.07, 6.45) is -3.10. The van der Waals surface area contributed by atoms with Crippen molar-refractivity contribution < 1.29 is 27.2 Å². The second kappa shape index (κ2) is 7.99. The quantitative estimate of drug-likeness (QED) is 0.483. The fourth-order valence-corrected chi connectivity index (χ4v) is 2.50. The number of benzene rings is 2. The van der Waals surface area contributed by atoms with Crippen LogP contribution in [-0.4, -0.2) is 19.2 Å². The highest BCUT2D eigenvalue weighted by Gasteiger charge is 2.35. The van der Waals surface area contributed by atoms with Crippen molar-refractivity contribution in [1.82, 2.24) is 0 Å². The number of oxime groups is 1. The van der Waals surface area contributed by atoms with Crippen LogP contribution in [0.25, 0.3) is 11.1 Å². The third kappa shape index (κ3) is 4.40. The van der Waals surface area contributed by atoms with E-state index < -0.39 is 23.6 Å². The van der Waals surface area contributed by atoms with Gasteiger partial charge >= 0.3 is 6.18 Å². The molecule has 0 radical (unpaired) electrons. The van der Waals surface area contributed by atoms with Gasteiger partial charge in [0, 0.05) is 11.3 Å². The highest BCUT2D eigenvalue weighted by Crippen LogP contribution is 2.32. The minimum atomic E-state index is -4.65. The summed E-state index contributed by atoms with van der Waals surface area (Å²) in [4.78, 5) is 16.9. The summed E-state index contributed by atoms with van der Waals surface area (Å²) in [6, 6.07) is 16.0. The van der Waals surface area contributed by atoms with Gasteiger partial charge in [0.1, 0.15) is 7.11 Å². The molecular weight excluding hydrogens is 373 g/mol. The summed E-state index contributed by atoms with van der Waals surface area (Å²) < 4.78 is 42.6. The molecule has 0 fully saturated rings. The number of nitrogens with one attached hydrogen (secondary N) is 1. The Kier molecular flexibility index (Phi) is 5.49. The van der Waals surface area contributed by atoms with Gasteiger partial charge in [-0.2, -0.15) is 13.2 Å². The van der Waals surface area contributed by atoms with E-state index in [2.05, 4.69) is 19.7 Å². The summed E-state index contributed by atoms with van der Waals surface area (Å²) in [6.45, 7) is 0. The Labute approximate surface area is 158 Å². The molecule has 0 spiro atoms. The molecule has 1 amide bonds. The van der Waals surface area contributed by atoms with Gasteiger partial charge < -0.3 is 14.6 Å². The maximum Gasteiger partial charge on any atom is 0.449 e. The van der Waals surface area contributed by atoms with Crippen molar-refractivity contribution in [3.8, 4) is 11.1 Å². The van der Waals surface area contributed by atoms with E-state index >= 15 is 0 Å². The van der Waals surface area contributed by atoms with E-state index in [1.807, 2.05) is 24.3 Å². The van der Waals surface area contributed by atoms with Crippen LogP contribution in [0.3, 0.4) is 0 Å². The standard InChI is InChI=1S/C20H15F3N2O3/c1-27-24-12-13-6-8-14(9-7-13)15-4-2-3-5-16(15)25-19(26)17-10-11-18(28-17)20(21,22)23/h2-12H,1H3,(H,25,26). The zero-order valence-corrected chi connectivity index (χ0v) is 14.7. The molecule has 1 heterocycles. The second-order valence-corrected chi connectivity index (χ2v) is 5.70. The average Bonchev–Trinajstić information content (AvgIpc) is 3.18. The predicted octanol–water partition coefficient (Wildman–Crippen LogP) is 5.20. The number of rotatable bonds is 5. The fraction of sp³-hybridized carbons (Fsp3) is 0.100. The van der Waals surface area contributed by atoms with Gasteiger partial charge in [-0.05, 0) is 29.3 Å². The Morgan fingerprint density at radius 3 is 2.43 bits per heavy atom. The van der Waals surface area contributed by atoms with Crippen LogP contribution in [0.5, 0.6) is 0 Å². The van der Waals surface area contributed by atoms with Gasteiger partial charge in [0.15, 0.2) is 5.76 Å². The van der Waals surface area contributed by atoms with Crippen LogP contribution in [0.15, 0.2) is 70.2 Å². The van der Waals surface area contributed by atoms with Crippen molar-refractivity contribution >= 4 is 17.8 Å². The number of furan rings is 1. The number of para-hydroxylation sites is 1. The molecule has 144 valence electrons. The third-order valence-electron chi connectivity index (χ3n) is 3.81. The number of carbonyl (C=O) groups excluding carboxylic acids is 1. The van der Waals surface area contributed by atoms with Gasteiger partial charge in [-0.25, -0.2) is 0 Å². The number of carbonyl (C=O) groups is 1. The Bertz CT molecular complexity index is 992. The summed E-state index contributed by atoms with van der Waals surface area (Å²) in [7, 11) is 1.44. The number of halogens is 3. The van der Waals surface area contributed by atoms with Crippen molar-refractivity contribution in [2.45, 2.75) is 6.18 Å². The highest BCUT2D eigenvalue weighted by molar-refractivity contribution is 6.04. The van der Waals surface area contributed by atoms with Gasteiger partial charge in [-0.3, -0.25) is 4.79 Å². The topological polar surface area (TPSA) is 63.8 Å². The molecule has 3 aromatic rings. The summed E-state index contributed by atoms with van der Waals surface area (Å²) in [5.74, 6) is -2.42. The van der Waals surface area contributed by atoms with E-state index in [-0.39, 0.29) is 0 Å². The Balaban J connectivity index is 1.83. The van der Waals surface area contributed by atoms with E-state index in [0.717, 1.165) is 23.3 Å². The molecule has 0 aliphatic rings. The first-order chi connectivity index (χ1) is 13.4. The summed E-state index contributed by atoms with van der Waals surface area (Å²) >= 11 is 0. The molecule has 0 saturated heterocycles. The zero-order valence-electron chi connectivity index (χ0n) is 14.7. The molecule has 28 heavy (non-hydrogen) atoms. The zero-order chi connectivity index (χ0) is 20.1. The van der Waals surface area contributed by atoms with Gasteiger partial charge in [0.25, 0.3) is 5.91 Å². The smallest absolute Gasteiger partial charge is 0.446 e. The van der Waals surface area contributed by atoms with Crippen molar-refractivity contribution in [3.63, 3.8) is 0 Å². The number of hydrogen-bond donors (Lipinski definition) is 1. The number of amides is 1. The van der Waals surface area contributed by atoms with Gasteiger partial charge in [-0.1, -0.05) is 47.6 Å². The second-order valence-electron chi connectivity index (χ2n) is 5.70. The van der Waals surface area contributed by atoms with E-state index in [1.165, 1.54) is 7.11 Å². The Morgan fingerprint density at radius 2 is 1.79 bits per heavy atom. The van der Waals surface area contributed by atoms with E-state index in [9.17, 15) is 18.0 Å². The minimum absolute atomic E-state index is 0.423. The molecule has 2 aromatic carbocycles. The molecule has 0 bridgehead atoms. The van der Waals surface area contributed by atoms with Gasteiger partial charge in [0.05, 0.1) is 6.21 Å². The van der Waals surface area contributed by atoms with E-state index in [1.54, 1.807) is 30.5 Å². The van der Waals surface area contributed by atoms with Crippen molar-refractivity contribution in [1.29, 1.82) is 0 Å². The highest BCUT2D eigenvalue weighted by atomic mass is 19.4. The molecule has 0 atom stereocenters. The van der Waals surface area contributed by atoms with Crippen molar-refractivity contribution in [2.24, 2.45) is 5.16 Å². The first-order valence-electron chi connectivity index (χ1n) is 8.13. The number of hydrogen-bond acceptors (Lipinski definition) is 4. The van der Waals surface area contributed by atoms with Crippen LogP contribution in [-0.2, 0) is 11.0 Å². The molecule has 5 nitrogen and oxygen atoms in total.